The van der Waals surface area contributed by atoms with Crippen LogP contribution in [0.5, 0.6) is 0 Å². The number of aromatic amines is 1. The standard InChI is InChI=1S/C27H25BrClN7O4/c1-3-7-20-31-25(29)23(27(38)30-13-21(37)39-4-2)36(20)14-15-10-11-19-18(12-15)22(28)24(40-19)16-8-5-6-9-17(16)26-32-34-35-33-26/h5-6,8-12H,3-4,7,13-14H2,1-2H3,(H,30,38)(H,32,33,34,35). The van der Waals surface area contributed by atoms with E-state index in [2.05, 4.69) is 46.9 Å². The van der Waals surface area contributed by atoms with Crippen LogP contribution in [0.15, 0.2) is 51.4 Å². The summed E-state index contributed by atoms with van der Waals surface area (Å²) < 4.78 is 13.7. The number of ether oxygens (including phenoxy) is 1. The van der Waals surface area contributed by atoms with Gasteiger partial charge in [-0.05, 0) is 52.2 Å². The van der Waals surface area contributed by atoms with E-state index in [1.54, 1.807) is 11.5 Å². The summed E-state index contributed by atoms with van der Waals surface area (Å²) in [4.78, 5) is 29.3. The van der Waals surface area contributed by atoms with Gasteiger partial charge < -0.3 is 19.0 Å². The molecule has 2 N–H and O–H groups in total. The number of nitrogens with one attached hydrogen (secondary N) is 2. The zero-order chi connectivity index (χ0) is 28.2. The van der Waals surface area contributed by atoms with Gasteiger partial charge >= 0.3 is 5.97 Å². The molecular formula is C27H25BrClN7O4. The van der Waals surface area contributed by atoms with Crippen molar-refractivity contribution in [1.29, 1.82) is 0 Å². The smallest absolute Gasteiger partial charge is 0.325 e. The van der Waals surface area contributed by atoms with Crippen LogP contribution >= 0.6 is 27.5 Å². The van der Waals surface area contributed by atoms with Gasteiger partial charge in [0.15, 0.2) is 5.15 Å². The lowest BCUT2D eigenvalue weighted by atomic mass is 10.0. The lowest BCUT2D eigenvalue weighted by Gasteiger charge is -2.12. The molecule has 0 spiro atoms. The van der Waals surface area contributed by atoms with E-state index in [0.717, 1.165) is 33.0 Å². The number of esters is 1. The Morgan fingerprint density at radius 1 is 1.18 bits per heavy atom. The van der Waals surface area contributed by atoms with Crippen molar-refractivity contribution >= 4 is 50.4 Å². The molecule has 0 fully saturated rings. The average Bonchev–Trinajstić information content (AvgIpc) is 3.67. The predicted molar refractivity (Wildman–Crippen MR) is 152 cm³/mol. The van der Waals surface area contributed by atoms with Crippen LogP contribution in [-0.2, 0) is 22.5 Å². The maximum absolute atomic E-state index is 13.1. The molecule has 1 amide bonds. The summed E-state index contributed by atoms with van der Waals surface area (Å²) >= 11 is 10.2. The minimum Gasteiger partial charge on any atom is -0.465 e. The summed E-state index contributed by atoms with van der Waals surface area (Å²) in [6.45, 7) is 4.02. The predicted octanol–water partition coefficient (Wildman–Crippen LogP) is 5.19. The van der Waals surface area contributed by atoms with E-state index in [0.29, 0.717) is 36.0 Å². The van der Waals surface area contributed by atoms with Crippen LogP contribution in [-0.4, -0.2) is 55.2 Å². The van der Waals surface area contributed by atoms with Crippen LogP contribution in [0.1, 0.15) is 42.1 Å². The van der Waals surface area contributed by atoms with E-state index in [1.165, 1.54) is 0 Å². The number of fused-ring (bicyclic) bond motifs is 1. The minimum absolute atomic E-state index is 0.0794. The maximum Gasteiger partial charge on any atom is 0.325 e. The summed E-state index contributed by atoms with van der Waals surface area (Å²) in [6, 6.07) is 13.4. The van der Waals surface area contributed by atoms with Gasteiger partial charge in [-0.3, -0.25) is 9.59 Å². The Bertz CT molecular complexity index is 1680. The Morgan fingerprint density at radius 2 is 1.98 bits per heavy atom. The molecule has 0 atom stereocenters. The summed E-state index contributed by atoms with van der Waals surface area (Å²) in [7, 11) is 0. The highest BCUT2D eigenvalue weighted by Gasteiger charge is 2.24. The average molecular weight is 627 g/mol. The Hall–Kier alpha value is -4.03. The second-order valence-electron chi connectivity index (χ2n) is 8.85. The molecule has 0 aliphatic rings. The van der Waals surface area contributed by atoms with Crippen LogP contribution < -0.4 is 5.32 Å². The molecule has 3 heterocycles. The Balaban J connectivity index is 1.49. The van der Waals surface area contributed by atoms with Crippen molar-refractivity contribution in [2.24, 2.45) is 0 Å². The van der Waals surface area contributed by atoms with E-state index >= 15 is 0 Å². The van der Waals surface area contributed by atoms with Crippen molar-refractivity contribution in [2.45, 2.75) is 33.2 Å². The number of hydrogen-bond acceptors (Lipinski definition) is 8. The molecule has 5 aromatic rings. The van der Waals surface area contributed by atoms with Crippen molar-refractivity contribution in [3.05, 3.63) is 69.2 Å². The van der Waals surface area contributed by atoms with Crippen LogP contribution in [0, 0.1) is 0 Å². The number of aromatic nitrogens is 6. The van der Waals surface area contributed by atoms with E-state index in [1.807, 2.05) is 49.4 Å². The van der Waals surface area contributed by atoms with Crippen LogP contribution in [0.25, 0.3) is 33.7 Å². The fourth-order valence-electron chi connectivity index (χ4n) is 4.44. The number of carbonyl (C=O) groups excluding carboxylic acids is 2. The first-order chi connectivity index (χ1) is 19.4. The third-order valence-electron chi connectivity index (χ3n) is 6.18. The number of carbonyl (C=O) groups is 2. The summed E-state index contributed by atoms with van der Waals surface area (Å²) in [5.41, 5.74) is 3.35. The number of benzene rings is 2. The van der Waals surface area contributed by atoms with Gasteiger partial charge in [-0.25, -0.2) is 4.98 Å². The molecule has 0 aliphatic heterocycles. The number of hydrogen-bond donors (Lipinski definition) is 2. The van der Waals surface area contributed by atoms with Crippen molar-refractivity contribution in [1.82, 2.24) is 35.5 Å². The number of furan rings is 1. The number of aryl methyl sites for hydroxylation is 1. The van der Waals surface area contributed by atoms with Gasteiger partial charge in [-0.15, -0.1) is 10.2 Å². The third-order valence-corrected chi connectivity index (χ3v) is 7.23. The summed E-state index contributed by atoms with van der Waals surface area (Å²) in [5.74, 6) is 0.731. The largest absolute Gasteiger partial charge is 0.465 e. The first-order valence-electron chi connectivity index (χ1n) is 12.6. The topological polar surface area (TPSA) is 141 Å². The molecule has 0 unspecified atom stereocenters. The van der Waals surface area contributed by atoms with Crippen molar-refractivity contribution < 1.29 is 18.7 Å². The molecule has 40 heavy (non-hydrogen) atoms. The van der Waals surface area contributed by atoms with Crippen molar-refractivity contribution in [3.63, 3.8) is 0 Å². The number of rotatable bonds is 10. The second-order valence-corrected chi connectivity index (χ2v) is 10.00. The molecule has 13 heteroatoms. The molecule has 2 aromatic carbocycles. The number of tetrazole rings is 1. The molecular weight excluding hydrogens is 602 g/mol. The number of H-pyrrole nitrogens is 1. The van der Waals surface area contributed by atoms with Gasteiger partial charge in [0.25, 0.3) is 5.91 Å². The van der Waals surface area contributed by atoms with Crippen LogP contribution in [0.3, 0.4) is 0 Å². The highest BCUT2D eigenvalue weighted by atomic mass is 79.9. The van der Waals surface area contributed by atoms with E-state index in [9.17, 15) is 9.59 Å². The SMILES string of the molecule is CCCc1nc(Cl)c(C(=O)NCC(=O)OCC)n1Cc1ccc2oc(-c3ccccc3-c3nn[nH]n3)c(Br)c2c1. The number of nitrogens with zero attached hydrogens (tertiary/aromatic N) is 5. The first kappa shape index (κ1) is 27.5. The molecule has 206 valence electrons. The molecule has 0 saturated carbocycles. The zero-order valence-corrected chi connectivity index (χ0v) is 24.0. The number of halogens is 2. The van der Waals surface area contributed by atoms with E-state index in [-0.39, 0.29) is 24.0 Å². The molecule has 0 radical (unpaired) electrons. The first-order valence-corrected chi connectivity index (χ1v) is 13.8. The Morgan fingerprint density at radius 3 is 2.70 bits per heavy atom. The van der Waals surface area contributed by atoms with Crippen molar-refractivity contribution in [3.8, 4) is 22.7 Å². The lowest BCUT2D eigenvalue weighted by Crippen LogP contribution is -2.32. The summed E-state index contributed by atoms with van der Waals surface area (Å²) in [6.07, 6.45) is 1.44. The van der Waals surface area contributed by atoms with Crippen LogP contribution in [0.2, 0.25) is 5.15 Å². The molecule has 0 saturated heterocycles. The minimum atomic E-state index is -0.529. The highest BCUT2D eigenvalue weighted by Crippen LogP contribution is 2.41. The zero-order valence-electron chi connectivity index (χ0n) is 21.7. The van der Waals surface area contributed by atoms with Gasteiger partial charge in [0.1, 0.15) is 29.4 Å². The Labute approximate surface area is 242 Å². The monoisotopic (exact) mass is 625 g/mol. The quantitative estimate of drug-likeness (QED) is 0.202. The normalized spacial score (nSPS) is 11.2. The highest BCUT2D eigenvalue weighted by molar-refractivity contribution is 9.10. The fourth-order valence-corrected chi connectivity index (χ4v) is 5.33. The van der Waals surface area contributed by atoms with Crippen molar-refractivity contribution in [2.75, 3.05) is 13.2 Å². The van der Waals surface area contributed by atoms with Gasteiger partial charge in [0.2, 0.25) is 5.82 Å². The molecule has 3 aromatic heterocycles. The van der Waals surface area contributed by atoms with E-state index < -0.39 is 11.9 Å². The number of amides is 1. The second kappa shape index (κ2) is 12.0. The van der Waals surface area contributed by atoms with Gasteiger partial charge in [0, 0.05) is 29.5 Å². The van der Waals surface area contributed by atoms with Gasteiger partial charge in [-0.2, -0.15) is 5.21 Å². The van der Waals surface area contributed by atoms with Crippen LogP contribution in [0.4, 0.5) is 0 Å². The third kappa shape index (κ3) is 5.50. The Kier molecular flexibility index (Phi) is 8.27. The fraction of sp³-hybridized carbons (Fsp3) is 0.259. The molecule has 11 nitrogen and oxygen atoms in total. The van der Waals surface area contributed by atoms with E-state index in [4.69, 9.17) is 20.8 Å². The van der Waals surface area contributed by atoms with Gasteiger partial charge in [-0.1, -0.05) is 48.9 Å². The maximum atomic E-state index is 13.1. The molecule has 0 bridgehead atoms. The molecule has 5 rings (SSSR count). The number of imidazole rings is 1. The molecule has 0 aliphatic carbocycles. The summed E-state index contributed by atoms with van der Waals surface area (Å²) in [5, 5.41) is 17.9. The van der Waals surface area contributed by atoms with Gasteiger partial charge in [0.05, 0.1) is 11.1 Å². The lowest BCUT2D eigenvalue weighted by molar-refractivity contribution is -0.141.